The van der Waals surface area contributed by atoms with Gasteiger partial charge in [0.25, 0.3) is 0 Å². The van der Waals surface area contributed by atoms with Gasteiger partial charge in [0, 0.05) is 12.7 Å². The van der Waals surface area contributed by atoms with E-state index >= 15 is 0 Å². The number of carbonyl (C=O) groups excluding carboxylic acids is 1. The zero-order valence-electron chi connectivity index (χ0n) is 12.1. The quantitative estimate of drug-likeness (QED) is 0.795. The number of amides is 1. The molecule has 3 saturated heterocycles. The lowest BCUT2D eigenvalue weighted by atomic mass is 9.86. The third-order valence-electron chi connectivity index (χ3n) is 4.91. The van der Waals surface area contributed by atoms with Crippen LogP contribution in [0.1, 0.15) is 24.0 Å². The standard InChI is InChI=1S/C17H20N2O2/c20-17(21-16-12-18-8-5-14(16)6-9-18)19-10-7-13-3-1-2-4-15(13)11-19/h1-4,7,10,14,16H,5-6,8-9,11-12H2/t16-/m0/s1. The molecule has 4 nitrogen and oxygen atoms in total. The smallest absolute Gasteiger partial charge is 0.414 e. The molecule has 1 aromatic rings. The molecule has 4 heterocycles. The molecule has 0 spiro atoms. The molecule has 0 saturated carbocycles. The van der Waals surface area contributed by atoms with Gasteiger partial charge in [-0.1, -0.05) is 24.3 Å². The molecule has 0 unspecified atom stereocenters. The van der Waals surface area contributed by atoms with Gasteiger partial charge in [-0.15, -0.1) is 0 Å². The molecule has 0 aliphatic carbocycles. The van der Waals surface area contributed by atoms with Gasteiger partial charge in [-0.25, -0.2) is 4.79 Å². The molecule has 2 bridgehead atoms. The maximum Gasteiger partial charge on any atom is 0.414 e. The number of rotatable bonds is 1. The van der Waals surface area contributed by atoms with E-state index in [2.05, 4.69) is 17.0 Å². The summed E-state index contributed by atoms with van der Waals surface area (Å²) in [7, 11) is 0. The second-order valence-corrected chi connectivity index (χ2v) is 6.20. The summed E-state index contributed by atoms with van der Waals surface area (Å²) in [5, 5.41) is 0. The second-order valence-electron chi connectivity index (χ2n) is 6.20. The zero-order valence-corrected chi connectivity index (χ0v) is 12.1. The van der Waals surface area contributed by atoms with Crippen molar-refractivity contribution in [2.75, 3.05) is 19.6 Å². The molecule has 0 N–H and O–H groups in total. The molecule has 1 amide bonds. The second kappa shape index (κ2) is 5.19. The summed E-state index contributed by atoms with van der Waals surface area (Å²) in [5.41, 5.74) is 2.36. The SMILES string of the molecule is O=C(O[C@H]1CN2CCC1CC2)N1C=Cc2ccccc2C1. The third-order valence-corrected chi connectivity index (χ3v) is 4.91. The van der Waals surface area contributed by atoms with Crippen LogP contribution in [0.25, 0.3) is 6.08 Å². The summed E-state index contributed by atoms with van der Waals surface area (Å²) in [6.45, 7) is 3.84. The predicted molar refractivity (Wildman–Crippen MR) is 80.5 cm³/mol. The van der Waals surface area contributed by atoms with Gasteiger partial charge >= 0.3 is 6.09 Å². The van der Waals surface area contributed by atoms with E-state index in [1.165, 1.54) is 11.1 Å². The van der Waals surface area contributed by atoms with Crippen molar-refractivity contribution in [2.24, 2.45) is 5.92 Å². The van der Waals surface area contributed by atoms with Crippen LogP contribution in [0.2, 0.25) is 0 Å². The Morgan fingerprint density at radius 2 is 2.00 bits per heavy atom. The van der Waals surface area contributed by atoms with Crippen molar-refractivity contribution < 1.29 is 9.53 Å². The van der Waals surface area contributed by atoms with Gasteiger partial charge in [-0.05, 0) is 49.1 Å². The summed E-state index contributed by atoms with van der Waals surface area (Å²) in [6, 6.07) is 8.16. The zero-order chi connectivity index (χ0) is 14.2. The van der Waals surface area contributed by atoms with Gasteiger partial charge in [-0.2, -0.15) is 0 Å². The minimum atomic E-state index is -0.209. The molecule has 5 rings (SSSR count). The first-order chi connectivity index (χ1) is 10.3. The van der Waals surface area contributed by atoms with Gasteiger partial charge in [0.2, 0.25) is 0 Å². The highest BCUT2D eigenvalue weighted by Crippen LogP contribution is 2.30. The van der Waals surface area contributed by atoms with Crippen molar-refractivity contribution in [1.29, 1.82) is 0 Å². The predicted octanol–water partition coefficient (Wildman–Crippen LogP) is 2.70. The van der Waals surface area contributed by atoms with Crippen LogP contribution in [0.15, 0.2) is 30.5 Å². The summed E-state index contributed by atoms with van der Waals surface area (Å²) in [5.74, 6) is 0.556. The Balaban J connectivity index is 1.43. The van der Waals surface area contributed by atoms with Gasteiger partial charge in [0.05, 0.1) is 6.54 Å². The average molecular weight is 284 g/mol. The fourth-order valence-electron chi connectivity index (χ4n) is 3.61. The fraction of sp³-hybridized carbons (Fsp3) is 0.471. The lowest BCUT2D eigenvalue weighted by Gasteiger charge is -2.44. The Morgan fingerprint density at radius 3 is 2.76 bits per heavy atom. The molecule has 21 heavy (non-hydrogen) atoms. The molecular weight excluding hydrogens is 264 g/mol. The van der Waals surface area contributed by atoms with Crippen molar-refractivity contribution in [3.05, 3.63) is 41.6 Å². The highest BCUT2D eigenvalue weighted by atomic mass is 16.6. The van der Waals surface area contributed by atoms with E-state index in [9.17, 15) is 4.79 Å². The topological polar surface area (TPSA) is 32.8 Å². The van der Waals surface area contributed by atoms with E-state index in [0.29, 0.717) is 12.5 Å². The fourth-order valence-corrected chi connectivity index (χ4v) is 3.61. The molecule has 4 heteroatoms. The Hall–Kier alpha value is -1.81. The third kappa shape index (κ3) is 2.44. The lowest BCUT2D eigenvalue weighted by Crippen LogP contribution is -2.52. The summed E-state index contributed by atoms with van der Waals surface area (Å²) >= 11 is 0. The molecule has 110 valence electrons. The number of fused-ring (bicyclic) bond motifs is 4. The number of hydrogen-bond acceptors (Lipinski definition) is 3. The van der Waals surface area contributed by atoms with E-state index in [4.69, 9.17) is 4.74 Å². The number of ether oxygens (including phenoxy) is 1. The van der Waals surface area contributed by atoms with E-state index in [0.717, 1.165) is 32.5 Å². The highest BCUT2D eigenvalue weighted by Gasteiger charge is 2.37. The van der Waals surface area contributed by atoms with E-state index in [1.54, 1.807) is 4.90 Å². The molecule has 1 aromatic carbocycles. The minimum absolute atomic E-state index is 0.0746. The van der Waals surface area contributed by atoms with Crippen LogP contribution < -0.4 is 0 Å². The lowest BCUT2D eigenvalue weighted by molar-refractivity contribution is -0.0410. The summed E-state index contributed by atoms with van der Waals surface area (Å²) in [6.07, 6.45) is 6.01. The van der Waals surface area contributed by atoms with Crippen LogP contribution in [0.3, 0.4) is 0 Å². The van der Waals surface area contributed by atoms with Crippen LogP contribution in [0.4, 0.5) is 4.79 Å². The molecule has 1 atom stereocenters. The van der Waals surface area contributed by atoms with Crippen molar-refractivity contribution >= 4 is 12.2 Å². The van der Waals surface area contributed by atoms with E-state index < -0.39 is 0 Å². The molecular formula is C17H20N2O2. The maximum atomic E-state index is 12.4. The summed E-state index contributed by atoms with van der Waals surface area (Å²) < 4.78 is 5.77. The summed E-state index contributed by atoms with van der Waals surface area (Å²) in [4.78, 5) is 16.5. The van der Waals surface area contributed by atoms with Gasteiger partial charge in [-0.3, -0.25) is 9.80 Å². The number of hydrogen-bond donors (Lipinski definition) is 0. The van der Waals surface area contributed by atoms with Gasteiger partial charge in [0.15, 0.2) is 0 Å². The van der Waals surface area contributed by atoms with E-state index in [-0.39, 0.29) is 12.2 Å². The molecule has 0 radical (unpaired) electrons. The highest BCUT2D eigenvalue weighted by molar-refractivity contribution is 5.72. The van der Waals surface area contributed by atoms with Crippen molar-refractivity contribution in [2.45, 2.75) is 25.5 Å². The molecule has 4 aliphatic rings. The Morgan fingerprint density at radius 1 is 1.19 bits per heavy atom. The first-order valence-corrected chi connectivity index (χ1v) is 7.75. The minimum Gasteiger partial charge on any atom is -0.444 e. The number of piperidine rings is 3. The Kier molecular flexibility index (Phi) is 3.19. The Labute approximate surface area is 125 Å². The van der Waals surface area contributed by atoms with Gasteiger partial charge in [0.1, 0.15) is 6.10 Å². The van der Waals surface area contributed by atoms with Crippen LogP contribution in [-0.2, 0) is 11.3 Å². The first kappa shape index (κ1) is 12.9. The van der Waals surface area contributed by atoms with E-state index in [1.807, 2.05) is 24.4 Å². The Bertz CT molecular complexity index is 576. The first-order valence-electron chi connectivity index (χ1n) is 7.75. The van der Waals surface area contributed by atoms with Gasteiger partial charge < -0.3 is 4.74 Å². The van der Waals surface area contributed by atoms with Crippen molar-refractivity contribution in [3.63, 3.8) is 0 Å². The van der Waals surface area contributed by atoms with Crippen molar-refractivity contribution in [1.82, 2.24) is 9.80 Å². The number of carbonyl (C=O) groups is 1. The van der Waals surface area contributed by atoms with Crippen LogP contribution >= 0.6 is 0 Å². The monoisotopic (exact) mass is 284 g/mol. The maximum absolute atomic E-state index is 12.4. The molecule has 0 aromatic heterocycles. The number of benzene rings is 1. The molecule has 3 fully saturated rings. The van der Waals surface area contributed by atoms with Crippen molar-refractivity contribution in [3.8, 4) is 0 Å². The molecule has 4 aliphatic heterocycles. The normalized spacial score (nSPS) is 30.1. The average Bonchev–Trinajstić information content (AvgIpc) is 2.55. The van der Waals surface area contributed by atoms with Crippen LogP contribution in [-0.4, -0.2) is 41.6 Å². The van der Waals surface area contributed by atoms with Crippen LogP contribution in [0.5, 0.6) is 0 Å². The number of nitrogens with zero attached hydrogens (tertiary/aromatic N) is 2. The largest absolute Gasteiger partial charge is 0.444 e. The van der Waals surface area contributed by atoms with Crippen LogP contribution in [0, 0.1) is 5.92 Å².